The molecule has 4 rings (SSSR count). The lowest BCUT2D eigenvalue weighted by Crippen LogP contribution is -2.54. The van der Waals surface area contributed by atoms with Gasteiger partial charge >= 0.3 is 0 Å². The van der Waals surface area contributed by atoms with E-state index < -0.39 is 28.5 Å². The Labute approximate surface area is 290 Å². The van der Waals surface area contributed by atoms with Crippen molar-refractivity contribution in [3.05, 3.63) is 119 Å². The lowest BCUT2D eigenvalue weighted by atomic mass is 10.0. The van der Waals surface area contributed by atoms with Crippen LogP contribution in [0.3, 0.4) is 0 Å². The molecule has 0 heterocycles. The van der Waals surface area contributed by atoms with Gasteiger partial charge < -0.3 is 19.7 Å². The Kier molecular flexibility index (Phi) is 12.5. The molecule has 1 N–H and O–H groups in total. The summed E-state index contributed by atoms with van der Waals surface area (Å²) in [7, 11) is -1.43. The molecular weight excluding hydrogens is 639 g/mol. The quantitative estimate of drug-likeness (QED) is 0.156. The highest BCUT2D eigenvalue weighted by Crippen LogP contribution is 2.33. The summed E-state index contributed by atoms with van der Waals surface area (Å²) >= 11 is 0. The lowest BCUT2D eigenvalue weighted by Gasteiger charge is -2.34. The maximum absolute atomic E-state index is 14.8. The minimum atomic E-state index is -4.33. The monoisotopic (exact) mass is 685 g/mol. The Bertz CT molecular complexity index is 1820. The third kappa shape index (κ3) is 9.41. The van der Waals surface area contributed by atoms with Gasteiger partial charge in [-0.3, -0.25) is 13.9 Å². The van der Waals surface area contributed by atoms with Gasteiger partial charge in [0.15, 0.2) is 11.5 Å². The summed E-state index contributed by atoms with van der Waals surface area (Å²) in [6.45, 7) is 9.17. The van der Waals surface area contributed by atoms with Gasteiger partial charge in [0.05, 0.1) is 24.8 Å². The number of hydrogen-bond donors (Lipinski definition) is 1. The number of ether oxygens (including phenoxy) is 2. The van der Waals surface area contributed by atoms with Crippen molar-refractivity contribution in [3.63, 3.8) is 0 Å². The van der Waals surface area contributed by atoms with E-state index in [1.165, 1.54) is 37.3 Å². The summed E-state index contributed by atoms with van der Waals surface area (Å²) < 4.78 is 40.9. The molecule has 0 aliphatic heterocycles. The zero-order valence-corrected chi connectivity index (χ0v) is 30.2. The highest BCUT2D eigenvalue weighted by Gasteiger charge is 2.35. The Morgan fingerprint density at radius 1 is 0.776 bits per heavy atom. The molecule has 2 amide bonds. The van der Waals surface area contributed by atoms with Gasteiger partial charge in [-0.05, 0) is 80.6 Å². The van der Waals surface area contributed by atoms with Gasteiger partial charge in [-0.25, -0.2) is 8.42 Å². The van der Waals surface area contributed by atoms with Crippen LogP contribution in [0, 0.1) is 20.8 Å². The molecule has 0 aromatic heterocycles. The second-order valence-corrected chi connectivity index (χ2v) is 14.3. The molecular formula is C39H47N3O6S. The molecule has 0 aliphatic rings. The maximum Gasteiger partial charge on any atom is 0.264 e. The molecule has 0 spiro atoms. The number of methoxy groups -OCH3 is 2. The van der Waals surface area contributed by atoms with Crippen LogP contribution in [0.4, 0.5) is 5.69 Å². The van der Waals surface area contributed by atoms with Crippen LogP contribution in [-0.4, -0.2) is 58.0 Å². The molecule has 4 aromatic rings. The number of anilines is 1. The van der Waals surface area contributed by atoms with Crippen molar-refractivity contribution in [1.82, 2.24) is 10.2 Å². The zero-order chi connectivity index (χ0) is 35.7. The number of nitrogens with zero attached hydrogens (tertiary/aromatic N) is 2. The highest BCUT2D eigenvalue weighted by molar-refractivity contribution is 7.92. The number of benzene rings is 4. The molecule has 0 fully saturated rings. The number of sulfonamides is 1. The first-order valence-corrected chi connectivity index (χ1v) is 17.8. The van der Waals surface area contributed by atoms with Gasteiger partial charge in [-0.2, -0.15) is 0 Å². The maximum atomic E-state index is 14.8. The molecule has 260 valence electrons. The average molecular weight is 686 g/mol. The van der Waals surface area contributed by atoms with Gasteiger partial charge in [0.2, 0.25) is 11.8 Å². The third-order valence-electron chi connectivity index (χ3n) is 8.46. The second-order valence-electron chi connectivity index (χ2n) is 12.4. The highest BCUT2D eigenvalue weighted by atomic mass is 32.2. The summed E-state index contributed by atoms with van der Waals surface area (Å²) in [6.07, 6.45) is 0.951. The number of rotatable bonds is 15. The molecule has 2 atom stereocenters. The van der Waals surface area contributed by atoms with E-state index in [2.05, 4.69) is 5.32 Å². The summed E-state index contributed by atoms with van der Waals surface area (Å²) in [4.78, 5) is 30.2. The molecule has 49 heavy (non-hydrogen) atoms. The Hall–Kier alpha value is -4.83. The predicted molar refractivity (Wildman–Crippen MR) is 194 cm³/mol. The van der Waals surface area contributed by atoms with E-state index in [1.807, 2.05) is 95.3 Å². The van der Waals surface area contributed by atoms with E-state index in [4.69, 9.17) is 9.47 Å². The van der Waals surface area contributed by atoms with Crippen molar-refractivity contribution < 1.29 is 27.5 Å². The number of carbonyl (C=O) groups excluding carboxylic acids is 2. The van der Waals surface area contributed by atoms with Crippen LogP contribution >= 0.6 is 0 Å². The lowest BCUT2D eigenvalue weighted by molar-refractivity contribution is -0.140. The number of amides is 2. The Morgan fingerprint density at radius 3 is 2.00 bits per heavy atom. The van der Waals surface area contributed by atoms with Crippen molar-refractivity contribution in [2.24, 2.45) is 0 Å². The van der Waals surface area contributed by atoms with Crippen LogP contribution < -0.4 is 19.1 Å². The van der Waals surface area contributed by atoms with Gasteiger partial charge in [0, 0.05) is 25.1 Å². The molecule has 10 heteroatoms. The topological polar surface area (TPSA) is 105 Å². The smallest absolute Gasteiger partial charge is 0.264 e. The predicted octanol–water partition coefficient (Wildman–Crippen LogP) is 6.38. The van der Waals surface area contributed by atoms with Crippen molar-refractivity contribution in [1.29, 1.82) is 0 Å². The number of aryl methyl sites for hydroxylation is 3. The summed E-state index contributed by atoms with van der Waals surface area (Å²) in [5.74, 6) is -0.222. The van der Waals surface area contributed by atoms with E-state index in [0.717, 1.165) is 32.1 Å². The van der Waals surface area contributed by atoms with Crippen LogP contribution in [0.25, 0.3) is 0 Å². The van der Waals surface area contributed by atoms with Gasteiger partial charge in [0.1, 0.15) is 12.6 Å². The van der Waals surface area contributed by atoms with Gasteiger partial charge in [-0.1, -0.05) is 73.2 Å². The van der Waals surface area contributed by atoms with Crippen LogP contribution in [0.2, 0.25) is 0 Å². The number of nitrogens with one attached hydrogen (secondary N) is 1. The average Bonchev–Trinajstić information content (AvgIpc) is 3.08. The first kappa shape index (κ1) is 37.0. The fraction of sp³-hybridized carbons (Fsp3) is 0.333. The molecule has 4 aromatic carbocycles. The third-order valence-corrected chi connectivity index (χ3v) is 10.2. The van der Waals surface area contributed by atoms with Gasteiger partial charge in [0.25, 0.3) is 10.0 Å². The fourth-order valence-corrected chi connectivity index (χ4v) is 7.03. The first-order chi connectivity index (χ1) is 23.4. The molecule has 0 aliphatic carbocycles. The van der Waals surface area contributed by atoms with Crippen molar-refractivity contribution in [2.75, 3.05) is 25.1 Å². The molecule has 0 bridgehead atoms. The summed E-state index contributed by atoms with van der Waals surface area (Å²) in [6, 6.07) is 26.0. The number of hydrogen-bond acceptors (Lipinski definition) is 6. The van der Waals surface area contributed by atoms with E-state index in [1.54, 1.807) is 12.1 Å². The Morgan fingerprint density at radius 2 is 1.41 bits per heavy atom. The standard InChI is InChI=1S/C39H47N3O6S/c1-8-30(5)40-39(44)35(23-31-12-10-9-11-13-31)41(25-32-16-14-27(2)15-17-32)38(43)26-42(33-21-28(3)20-29(4)22-33)49(45,46)34-18-19-36(47-6)37(24-34)48-7/h9-22,24,30,35H,8,23,25-26H2,1-7H3,(H,40,44)/t30-,35-/m0/s1. The molecule has 0 radical (unpaired) electrons. The van der Waals surface area contributed by atoms with Crippen molar-refractivity contribution in [2.45, 2.75) is 71.0 Å². The van der Waals surface area contributed by atoms with Gasteiger partial charge in [-0.15, -0.1) is 0 Å². The van der Waals surface area contributed by atoms with Crippen LogP contribution in [0.15, 0.2) is 95.9 Å². The largest absolute Gasteiger partial charge is 0.493 e. The summed E-state index contributed by atoms with van der Waals surface area (Å²) in [5.41, 5.74) is 4.74. The molecule has 9 nitrogen and oxygen atoms in total. The van der Waals surface area contributed by atoms with Crippen LogP contribution in [0.1, 0.15) is 48.1 Å². The molecule has 0 unspecified atom stereocenters. The van der Waals surface area contributed by atoms with Crippen LogP contribution in [0.5, 0.6) is 11.5 Å². The second kappa shape index (κ2) is 16.5. The fourth-order valence-electron chi connectivity index (χ4n) is 5.61. The minimum Gasteiger partial charge on any atom is -0.493 e. The summed E-state index contributed by atoms with van der Waals surface area (Å²) in [5, 5.41) is 3.07. The first-order valence-electron chi connectivity index (χ1n) is 16.4. The van der Waals surface area contributed by atoms with Crippen molar-refractivity contribution >= 4 is 27.5 Å². The molecule has 0 saturated heterocycles. The SMILES string of the molecule is CC[C@H](C)NC(=O)[C@H](Cc1ccccc1)N(Cc1ccc(C)cc1)C(=O)CN(c1cc(C)cc(C)c1)S(=O)(=O)c1ccc(OC)c(OC)c1. The van der Waals surface area contributed by atoms with Crippen LogP contribution in [-0.2, 0) is 32.6 Å². The minimum absolute atomic E-state index is 0.0717. The van der Waals surface area contributed by atoms with E-state index >= 15 is 0 Å². The van der Waals surface area contributed by atoms with E-state index in [-0.39, 0.29) is 35.6 Å². The van der Waals surface area contributed by atoms with E-state index in [0.29, 0.717) is 17.9 Å². The Balaban J connectivity index is 1.85. The molecule has 0 saturated carbocycles. The normalized spacial score (nSPS) is 12.5. The number of carbonyl (C=O) groups is 2. The zero-order valence-electron chi connectivity index (χ0n) is 29.4. The van der Waals surface area contributed by atoms with Crippen molar-refractivity contribution in [3.8, 4) is 11.5 Å². The van der Waals surface area contributed by atoms with E-state index in [9.17, 15) is 18.0 Å².